The van der Waals surface area contributed by atoms with Gasteiger partial charge in [0.15, 0.2) is 11.6 Å². The molecule has 2 amide bonds. The van der Waals surface area contributed by atoms with Crippen LogP contribution in [0.4, 0.5) is 0 Å². The van der Waals surface area contributed by atoms with Gasteiger partial charge < -0.3 is 14.2 Å². The molecule has 1 saturated heterocycles. The number of aromatic nitrogens is 1. The topological polar surface area (TPSA) is 69.9 Å². The summed E-state index contributed by atoms with van der Waals surface area (Å²) in [5, 5.41) is 0. The monoisotopic (exact) mass is 280 g/mol. The van der Waals surface area contributed by atoms with Gasteiger partial charge in [-0.2, -0.15) is 0 Å². The molecule has 0 aliphatic carbocycles. The van der Waals surface area contributed by atoms with Crippen LogP contribution in [-0.2, 0) is 4.79 Å². The van der Waals surface area contributed by atoms with Crippen molar-refractivity contribution in [2.24, 2.45) is 0 Å². The highest BCUT2D eigenvalue weighted by Gasteiger charge is 2.34. The maximum atomic E-state index is 12.3. The molecule has 7 nitrogen and oxygen atoms in total. The number of rotatable bonds is 2. The van der Waals surface area contributed by atoms with Crippen LogP contribution in [0.2, 0.25) is 0 Å². The Balaban J connectivity index is 2.10. The second kappa shape index (κ2) is 5.62. The smallest absolute Gasteiger partial charge is 0.275 e. The average Bonchev–Trinajstić information content (AvgIpc) is 2.84. The van der Waals surface area contributed by atoms with Gasteiger partial charge in [0, 0.05) is 40.7 Å². The first kappa shape index (κ1) is 14.5. The van der Waals surface area contributed by atoms with Crippen molar-refractivity contribution in [3.05, 3.63) is 17.8 Å². The van der Waals surface area contributed by atoms with Gasteiger partial charge in [-0.25, -0.2) is 4.98 Å². The van der Waals surface area contributed by atoms with Crippen LogP contribution >= 0.6 is 0 Å². The van der Waals surface area contributed by atoms with Crippen LogP contribution in [0.15, 0.2) is 10.7 Å². The van der Waals surface area contributed by atoms with E-state index in [1.165, 1.54) is 6.26 Å². The van der Waals surface area contributed by atoms with E-state index in [1.807, 2.05) is 11.9 Å². The first-order valence-electron chi connectivity index (χ1n) is 6.53. The normalized spacial score (nSPS) is 20.0. The van der Waals surface area contributed by atoms with Crippen molar-refractivity contribution in [2.75, 3.05) is 40.8 Å². The predicted molar refractivity (Wildman–Crippen MR) is 72.3 cm³/mol. The number of carbonyl (C=O) groups excluding carboxylic acids is 2. The van der Waals surface area contributed by atoms with Gasteiger partial charge in [-0.05, 0) is 7.05 Å². The largest absolute Gasteiger partial charge is 0.448 e. The summed E-state index contributed by atoms with van der Waals surface area (Å²) in [6, 6.07) is -0.310. The van der Waals surface area contributed by atoms with Crippen LogP contribution in [0.1, 0.15) is 16.4 Å². The number of carbonyl (C=O) groups is 2. The fraction of sp³-hybridized carbons (Fsp3) is 0.615. The molecular weight excluding hydrogens is 260 g/mol. The molecule has 2 heterocycles. The minimum atomic E-state index is -0.310. The zero-order valence-electron chi connectivity index (χ0n) is 12.3. The van der Waals surface area contributed by atoms with Crippen LogP contribution in [0.25, 0.3) is 0 Å². The molecule has 1 aliphatic heterocycles. The first-order chi connectivity index (χ1) is 9.40. The zero-order chi connectivity index (χ0) is 14.9. The maximum absolute atomic E-state index is 12.3. The predicted octanol–water partition coefficient (Wildman–Crippen LogP) is -0.173. The molecule has 7 heteroatoms. The highest BCUT2D eigenvalue weighted by atomic mass is 16.3. The number of amides is 2. The molecule has 0 unspecified atom stereocenters. The molecule has 2 rings (SSSR count). The van der Waals surface area contributed by atoms with E-state index in [0.29, 0.717) is 31.2 Å². The summed E-state index contributed by atoms with van der Waals surface area (Å²) in [6.07, 6.45) is 1.36. The fourth-order valence-electron chi connectivity index (χ4n) is 2.25. The Labute approximate surface area is 118 Å². The molecule has 1 aliphatic rings. The Hall–Kier alpha value is -1.89. The molecule has 0 bridgehead atoms. The Morgan fingerprint density at radius 1 is 1.40 bits per heavy atom. The van der Waals surface area contributed by atoms with Gasteiger partial charge in [-0.3, -0.25) is 14.5 Å². The van der Waals surface area contributed by atoms with Gasteiger partial charge >= 0.3 is 0 Å². The lowest BCUT2D eigenvalue weighted by atomic mass is 10.1. The third kappa shape index (κ3) is 2.82. The second-order valence-electron chi connectivity index (χ2n) is 5.23. The van der Waals surface area contributed by atoms with Crippen LogP contribution in [0.5, 0.6) is 0 Å². The van der Waals surface area contributed by atoms with E-state index in [9.17, 15) is 9.59 Å². The maximum Gasteiger partial charge on any atom is 0.275 e. The van der Waals surface area contributed by atoms with E-state index in [1.54, 1.807) is 30.8 Å². The molecule has 0 radical (unpaired) electrons. The lowest BCUT2D eigenvalue weighted by molar-refractivity contribution is -0.135. The second-order valence-corrected chi connectivity index (χ2v) is 5.23. The molecule has 1 fully saturated rings. The van der Waals surface area contributed by atoms with E-state index < -0.39 is 0 Å². The summed E-state index contributed by atoms with van der Waals surface area (Å²) in [6.45, 7) is 3.31. The summed E-state index contributed by atoms with van der Waals surface area (Å²) in [7, 11) is 5.34. The minimum Gasteiger partial charge on any atom is -0.448 e. The first-order valence-corrected chi connectivity index (χ1v) is 6.53. The van der Waals surface area contributed by atoms with Crippen LogP contribution in [-0.4, -0.2) is 78.3 Å². The van der Waals surface area contributed by atoms with Crippen LogP contribution in [0.3, 0.4) is 0 Å². The molecular formula is C13H20N4O3. The summed E-state index contributed by atoms with van der Waals surface area (Å²) >= 11 is 0. The third-order valence-corrected chi connectivity index (χ3v) is 3.50. The standard InChI is InChI=1S/C13H20N4O3/c1-9-14-10(8-20-9)12(18)17-6-5-16(4)11(7-17)13(19)15(2)3/h8,11H,5-7H2,1-4H3/t11-/m1/s1. The van der Waals surface area contributed by atoms with Gasteiger partial charge in [0.1, 0.15) is 12.3 Å². The lowest BCUT2D eigenvalue weighted by Crippen LogP contribution is -2.58. The van der Waals surface area contributed by atoms with Gasteiger partial charge in [-0.15, -0.1) is 0 Å². The Morgan fingerprint density at radius 3 is 2.65 bits per heavy atom. The summed E-state index contributed by atoms with van der Waals surface area (Å²) in [5.41, 5.74) is 0.295. The number of nitrogens with zero attached hydrogens (tertiary/aromatic N) is 4. The van der Waals surface area contributed by atoms with Crippen molar-refractivity contribution in [3.8, 4) is 0 Å². The number of piperazine rings is 1. The number of aryl methyl sites for hydroxylation is 1. The molecule has 20 heavy (non-hydrogen) atoms. The zero-order valence-corrected chi connectivity index (χ0v) is 12.3. The van der Waals surface area contributed by atoms with Crippen LogP contribution in [0, 0.1) is 6.92 Å². The van der Waals surface area contributed by atoms with Crippen LogP contribution < -0.4 is 0 Å². The minimum absolute atomic E-state index is 0.00123. The Morgan fingerprint density at radius 2 is 2.10 bits per heavy atom. The van der Waals surface area contributed by atoms with E-state index in [0.717, 1.165) is 0 Å². The molecule has 0 aromatic carbocycles. The van der Waals surface area contributed by atoms with Crippen molar-refractivity contribution in [3.63, 3.8) is 0 Å². The highest BCUT2D eigenvalue weighted by molar-refractivity contribution is 5.93. The molecule has 1 aromatic rings. The fourth-order valence-corrected chi connectivity index (χ4v) is 2.25. The molecule has 0 spiro atoms. The summed E-state index contributed by atoms with van der Waals surface area (Å²) in [4.78, 5) is 33.7. The van der Waals surface area contributed by atoms with Crippen molar-refractivity contribution in [2.45, 2.75) is 13.0 Å². The third-order valence-electron chi connectivity index (χ3n) is 3.50. The Bertz CT molecular complexity index is 511. The number of likely N-dealkylation sites (N-methyl/N-ethyl adjacent to an activating group) is 2. The number of hydrogen-bond donors (Lipinski definition) is 0. The number of oxazole rings is 1. The molecule has 110 valence electrons. The summed E-state index contributed by atoms with van der Waals surface area (Å²) in [5.74, 6) is 0.274. The van der Waals surface area contributed by atoms with Gasteiger partial charge in [0.05, 0.1) is 0 Å². The van der Waals surface area contributed by atoms with Crippen molar-refractivity contribution in [1.29, 1.82) is 0 Å². The SMILES string of the molecule is Cc1nc(C(=O)N2CCN(C)[C@@H](C(=O)N(C)C)C2)co1. The average molecular weight is 280 g/mol. The lowest BCUT2D eigenvalue weighted by Gasteiger charge is -2.39. The van der Waals surface area contributed by atoms with Gasteiger partial charge in [-0.1, -0.05) is 0 Å². The molecule has 1 atom stereocenters. The van der Waals surface area contributed by atoms with E-state index in [-0.39, 0.29) is 17.9 Å². The van der Waals surface area contributed by atoms with Crippen molar-refractivity contribution < 1.29 is 14.0 Å². The Kier molecular flexibility index (Phi) is 4.08. The van der Waals surface area contributed by atoms with Gasteiger partial charge in [0.25, 0.3) is 5.91 Å². The van der Waals surface area contributed by atoms with Crippen molar-refractivity contribution in [1.82, 2.24) is 19.7 Å². The quantitative estimate of drug-likeness (QED) is 0.752. The summed E-state index contributed by atoms with van der Waals surface area (Å²) < 4.78 is 5.07. The molecule has 0 saturated carbocycles. The van der Waals surface area contributed by atoms with E-state index in [4.69, 9.17) is 4.42 Å². The van der Waals surface area contributed by atoms with Crippen molar-refractivity contribution >= 4 is 11.8 Å². The van der Waals surface area contributed by atoms with E-state index in [2.05, 4.69) is 4.98 Å². The molecule has 1 aromatic heterocycles. The van der Waals surface area contributed by atoms with E-state index >= 15 is 0 Å². The highest BCUT2D eigenvalue weighted by Crippen LogP contribution is 2.13. The van der Waals surface area contributed by atoms with Gasteiger partial charge in [0.2, 0.25) is 5.91 Å². The number of hydrogen-bond acceptors (Lipinski definition) is 5. The molecule has 0 N–H and O–H groups in total.